The summed E-state index contributed by atoms with van der Waals surface area (Å²) in [4.78, 5) is 30.3. The number of rotatable bonds is 7. The van der Waals surface area contributed by atoms with Crippen LogP contribution in [0.15, 0.2) is 82.9 Å². The van der Waals surface area contributed by atoms with Gasteiger partial charge in [0.15, 0.2) is 17.2 Å². The number of nitrogens with zero attached hydrogens (tertiary/aromatic N) is 1. The SMILES string of the molecule is O=C(NC1(C2=N/C(C(=O)NCc3ccc(F)cc3)=C(O)\C(O)=C/CC2)CCCC1)OCc1ccccc1. The molecule has 2 aromatic carbocycles. The van der Waals surface area contributed by atoms with Crippen molar-refractivity contribution < 1.29 is 28.9 Å². The van der Waals surface area contributed by atoms with Gasteiger partial charge >= 0.3 is 6.09 Å². The Balaban J connectivity index is 1.55. The van der Waals surface area contributed by atoms with E-state index < -0.39 is 34.9 Å². The molecule has 2 aliphatic rings. The Bertz CT molecular complexity index is 1220. The van der Waals surface area contributed by atoms with Crippen molar-refractivity contribution in [3.05, 3.63) is 94.8 Å². The zero-order valence-electron chi connectivity index (χ0n) is 20.4. The zero-order chi connectivity index (χ0) is 26.3. The predicted molar refractivity (Wildman–Crippen MR) is 136 cm³/mol. The Morgan fingerprint density at radius 1 is 1.00 bits per heavy atom. The first-order chi connectivity index (χ1) is 17.9. The maximum absolute atomic E-state index is 13.2. The fraction of sp³-hybridized carbons (Fsp3) is 0.321. The lowest BCUT2D eigenvalue weighted by molar-refractivity contribution is -0.117. The van der Waals surface area contributed by atoms with Gasteiger partial charge in [-0.05, 0) is 55.0 Å². The van der Waals surface area contributed by atoms with Crippen LogP contribution < -0.4 is 10.6 Å². The second-order valence-corrected chi connectivity index (χ2v) is 9.17. The lowest BCUT2D eigenvalue weighted by Gasteiger charge is -2.32. The van der Waals surface area contributed by atoms with E-state index in [1.807, 2.05) is 30.3 Å². The number of aliphatic hydroxyl groups is 2. The molecule has 194 valence electrons. The molecule has 0 spiro atoms. The van der Waals surface area contributed by atoms with Crippen molar-refractivity contribution in [1.29, 1.82) is 0 Å². The van der Waals surface area contributed by atoms with E-state index in [1.54, 1.807) is 0 Å². The van der Waals surface area contributed by atoms with E-state index in [9.17, 15) is 24.2 Å². The van der Waals surface area contributed by atoms with Crippen LogP contribution in [0.2, 0.25) is 0 Å². The molecular formula is C28H30FN3O5. The molecule has 2 aromatic rings. The second-order valence-electron chi connectivity index (χ2n) is 9.17. The molecule has 1 saturated carbocycles. The van der Waals surface area contributed by atoms with E-state index in [4.69, 9.17) is 4.74 Å². The molecule has 9 heteroatoms. The van der Waals surface area contributed by atoms with Crippen molar-refractivity contribution in [2.45, 2.75) is 57.2 Å². The van der Waals surface area contributed by atoms with Crippen LogP contribution in [0.3, 0.4) is 0 Å². The fourth-order valence-electron chi connectivity index (χ4n) is 4.60. The summed E-state index contributed by atoms with van der Waals surface area (Å²) in [6.07, 6.45) is 4.46. The molecular weight excluding hydrogens is 477 g/mol. The standard InChI is InChI=1S/C28H30FN3O5/c29-21-13-11-19(12-14-21)17-30-26(35)24-25(34)22(33)9-6-10-23(31-24)28(15-4-5-16-28)32-27(36)37-18-20-7-2-1-3-8-20/h1-3,7-9,11-14,33-34H,4-6,10,15-18H2,(H,30,35)(H,32,36)/b22-9+,25-24+,31-23?. The van der Waals surface area contributed by atoms with Gasteiger partial charge in [0.2, 0.25) is 0 Å². The van der Waals surface area contributed by atoms with Gasteiger partial charge in [-0.25, -0.2) is 14.2 Å². The molecule has 1 fully saturated rings. The van der Waals surface area contributed by atoms with Crippen molar-refractivity contribution in [3.8, 4) is 0 Å². The first-order valence-corrected chi connectivity index (χ1v) is 12.3. The van der Waals surface area contributed by atoms with Crippen molar-refractivity contribution >= 4 is 17.7 Å². The molecule has 2 amide bonds. The lowest BCUT2D eigenvalue weighted by Crippen LogP contribution is -2.53. The normalized spacial score (nSPS) is 20.6. The van der Waals surface area contributed by atoms with E-state index >= 15 is 0 Å². The monoisotopic (exact) mass is 507 g/mol. The minimum absolute atomic E-state index is 0.0699. The maximum Gasteiger partial charge on any atom is 0.408 e. The van der Waals surface area contributed by atoms with Gasteiger partial charge in [0, 0.05) is 12.3 Å². The van der Waals surface area contributed by atoms with Gasteiger partial charge in [0.25, 0.3) is 5.91 Å². The number of alkyl carbamates (subject to hydrolysis) is 1. The number of nitrogens with one attached hydrogen (secondary N) is 2. The fourth-order valence-corrected chi connectivity index (χ4v) is 4.60. The summed E-state index contributed by atoms with van der Waals surface area (Å²) in [5.74, 6) is -2.18. The lowest BCUT2D eigenvalue weighted by atomic mass is 9.87. The Kier molecular flexibility index (Phi) is 8.22. The number of ether oxygens (including phenoxy) is 1. The number of aliphatic hydroxyl groups excluding tert-OH is 2. The van der Waals surface area contributed by atoms with Crippen LogP contribution in [0.5, 0.6) is 0 Å². The van der Waals surface area contributed by atoms with Gasteiger partial charge in [0.05, 0.1) is 5.54 Å². The number of amides is 2. The Hall–Kier alpha value is -4.14. The molecule has 4 rings (SSSR count). The van der Waals surface area contributed by atoms with Crippen LogP contribution in [0.1, 0.15) is 49.7 Å². The number of hydrogen-bond donors (Lipinski definition) is 4. The number of benzene rings is 2. The van der Waals surface area contributed by atoms with Crippen LogP contribution in [0.4, 0.5) is 9.18 Å². The summed E-state index contributed by atoms with van der Waals surface area (Å²) >= 11 is 0. The molecule has 1 heterocycles. The molecule has 1 aliphatic heterocycles. The molecule has 0 saturated heterocycles. The largest absolute Gasteiger partial charge is 0.504 e. The third-order valence-electron chi connectivity index (χ3n) is 6.58. The molecule has 1 aliphatic carbocycles. The average molecular weight is 508 g/mol. The second kappa shape index (κ2) is 11.7. The zero-order valence-corrected chi connectivity index (χ0v) is 20.4. The Morgan fingerprint density at radius 2 is 1.70 bits per heavy atom. The molecule has 8 nitrogen and oxygen atoms in total. The Morgan fingerprint density at radius 3 is 2.41 bits per heavy atom. The van der Waals surface area contributed by atoms with Crippen LogP contribution in [0, 0.1) is 5.82 Å². The molecule has 4 N–H and O–H groups in total. The van der Waals surface area contributed by atoms with Crippen LogP contribution in [-0.4, -0.2) is 33.5 Å². The van der Waals surface area contributed by atoms with Gasteiger partial charge in [0.1, 0.15) is 12.4 Å². The van der Waals surface area contributed by atoms with Crippen LogP contribution in [0.25, 0.3) is 0 Å². The Labute approximate surface area is 214 Å². The molecule has 0 bridgehead atoms. The minimum Gasteiger partial charge on any atom is -0.504 e. The van der Waals surface area contributed by atoms with Crippen molar-refractivity contribution in [2.75, 3.05) is 0 Å². The number of hydrogen-bond acceptors (Lipinski definition) is 6. The average Bonchev–Trinajstić information content (AvgIpc) is 3.37. The van der Waals surface area contributed by atoms with Crippen molar-refractivity contribution in [2.24, 2.45) is 4.99 Å². The summed E-state index contributed by atoms with van der Waals surface area (Å²) in [6.45, 7) is 0.185. The molecule has 0 atom stereocenters. The van der Waals surface area contributed by atoms with Gasteiger partial charge in [-0.3, -0.25) is 4.79 Å². The molecule has 0 radical (unpaired) electrons. The number of carbonyl (C=O) groups is 2. The van der Waals surface area contributed by atoms with Gasteiger partial charge in [-0.15, -0.1) is 0 Å². The van der Waals surface area contributed by atoms with Crippen molar-refractivity contribution in [3.63, 3.8) is 0 Å². The summed E-state index contributed by atoms with van der Waals surface area (Å²) in [7, 11) is 0. The molecule has 37 heavy (non-hydrogen) atoms. The highest BCUT2D eigenvalue weighted by atomic mass is 19.1. The van der Waals surface area contributed by atoms with E-state index in [0.29, 0.717) is 37.0 Å². The number of halogens is 1. The summed E-state index contributed by atoms with van der Waals surface area (Å²) in [5, 5.41) is 26.5. The van der Waals surface area contributed by atoms with E-state index in [2.05, 4.69) is 15.6 Å². The van der Waals surface area contributed by atoms with Crippen molar-refractivity contribution in [1.82, 2.24) is 10.6 Å². The first-order valence-electron chi connectivity index (χ1n) is 12.3. The number of carbonyl (C=O) groups excluding carboxylic acids is 2. The number of aliphatic imine (C=N–C) groups is 1. The van der Waals surface area contributed by atoms with Gasteiger partial charge < -0.3 is 25.6 Å². The smallest absolute Gasteiger partial charge is 0.408 e. The summed E-state index contributed by atoms with van der Waals surface area (Å²) in [5.41, 5.74) is 0.854. The topological polar surface area (TPSA) is 120 Å². The quantitative estimate of drug-likeness (QED) is 0.414. The van der Waals surface area contributed by atoms with E-state index in [-0.39, 0.29) is 18.8 Å². The first kappa shape index (κ1) is 25.9. The van der Waals surface area contributed by atoms with E-state index in [1.165, 1.54) is 30.3 Å². The third kappa shape index (κ3) is 6.55. The molecule has 0 unspecified atom stereocenters. The highest BCUT2D eigenvalue weighted by Gasteiger charge is 2.41. The third-order valence-corrected chi connectivity index (χ3v) is 6.58. The molecule has 0 aromatic heterocycles. The van der Waals surface area contributed by atoms with Crippen LogP contribution in [-0.2, 0) is 22.7 Å². The van der Waals surface area contributed by atoms with Gasteiger partial charge in [-0.1, -0.05) is 55.3 Å². The van der Waals surface area contributed by atoms with Gasteiger partial charge in [-0.2, -0.15) is 0 Å². The van der Waals surface area contributed by atoms with Crippen LogP contribution >= 0.6 is 0 Å². The van der Waals surface area contributed by atoms with E-state index in [0.717, 1.165) is 18.4 Å². The highest BCUT2D eigenvalue weighted by molar-refractivity contribution is 6.02. The maximum atomic E-state index is 13.2. The highest BCUT2D eigenvalue weighted by Crippen LogP contribution is 2.34. The number of allylic oxidation sites excluding steroid dienone is 1. The minimum atomic E-state index is -0.836. The summed E-state index contributed by atoms with van der Waals surface area (Å²) < 4.78 is 18.6. The summed E-state index contributed by atoms with van der Waals surface area (Å²) in [6, 6.07) is 15.0. The predicted octanol–water partition coefficient (Wildman–Crippen LogP) is 5.13.